The van der Waals surface area contributed by atoms with Gasteiger partial charge >= 0.3 is 0 Å². The molecule has 0 fully saturated rings. The second kappa shape index (κ2) is 8.17. The average molecular weight is 369 g/mol. The predicted octanol–water partition coefficient (Wildman–Crippen LogP) is 2.97. The highest BCUT2D eigenvalue weighted by atomic mass is 32.2. The summed E-state index contributed by atoms with van der Waals surface area (Å²) in [4.78, 5) is -0.159. The third-order valence-electron chi connectivity index (χ3n) is 3.41. The number of halogens is 1. The maximum absolute atomic E-state index is 13.6. The zero-order valence-electron chi connectivity index (χ0n) is 14.2. The van der Waals surface area contributed by atoms with Crippen molar-refractivity contribution in [2.45, 2.75) is 11.8 Å². The monoisotopic (exact) mass is 369 g/mol. The molecule has 0 unspecified atom stereocenters. The molecule has 0 bridgehead atoms. The van der Waals surface area contributed by atoms with Gasteiger partial charge in [-0.15, -0.1) is 0 Å². The number of anilines is 1. The number of nitrogens with one attached hydrogen (secondary N) is 1. The molecule has 8 heteroatoms. The molecule has 0 aliphatic carbocycles. The zero-order chi connectivity index (χ0) is 18.4. The number of hydrogen-bond donors (Lipinski definition) is 1. The van der Waals surface area contributed by atoms with E-state index in [-0.39, 0.29) is 17.2 Å². The van der Waals surface area contributed by atoms with Gasteiger partial charge in [0.05, 0.1) is 24.3 Å². The van der Waals surface area contributed by atoms with Crippen LogP contribution < -0.4 is 14.2 Å². The van der Waals surface area contributed by atoms with Crippen molar-refractivity contribution >= 4 is 15.7 Å². The van der Waals surface area contributed by atoms with Crippen LogP contribution >= 0.6 is 0 Å². The maximum atomic E-state index is 13.6. The van der Waals surface area contributed by atoms with Crippen molar-refractivity contribution < 1.29 is 27.0 Å². The molecule has 0 aliphatic rings. The first-order chi connectivity index (χ1) is 11.9. The third kappa shape index (κ3) is 4.83. The zero-order valence-corrected chi connectivity index (χ0v) is 15.0. The number of rotatable bonds is 8. The summed E-state index contributed by atoms with van der Waals surface area (Å²) >= 11 is 0. The van der Waals surface area contributed by atoms with Gasteiger partial charge < -0.3 is 14.2 Å². The Morgan fingerprint density at radius 1 is 1.04 bits per heavy atom. The lowest BCUT2D eigenvalue weighted by atomic mass is 10.2. The van der Waals surface area contributed by atoms with Crippen molar-refractivity contribution in [3.8, 4) is 11.5 Å². The lowest BCUT2D eigenvalue weighted by Crippen LogP contribution is -2.13. The Bertz CT molecular complexity index is 839. The Balaban J connectivity index is 2.25. The van der Waals surface area contributed by atoms with Gasteiger partial charge in [-0.1, -0.05) is 6.07 Å². The van der Waals surface area contributed by atoms with E-state index in [9.17, 15) is 12.8 Å². The summed E-state index contributed by atoms with van der Waals surface area (Å²) in [6.07, 6.45) is 0. The van der Waals surface area contributed by atoms with E-state index in [0.717, 1.165) is 6.07 Å². The molecule has 0 saturated heterocycles. The Kier molecular flexibility index (Phi) is 6.22. The molecule has 0 amide bonds. The largest absolute Gasteiger partial charge is 0.493 e. The lowest BCUT2D eigenvalue weighted by Gasteiger charge is -2.13. The molecular weight excluding hydrogens is 349 g/mol. The van der Waals surface area contributed by atoms with Crippen molar-refractivity contribution in [3.05, 3.63) is 47.8 Å². The standard InChI is InChI=1S/C17H20FNO5S/c1-12-4-6-14(11-15(12)18)25(20,21)19-13-5-7-16(23-3)17(10-13)24-9-8-22-2/h4-7,10-11,19H,8-9H2,1-3H3. The van der Waals surface area contributed by atoms with Gasteiger partial charge in [0.15, 0.2) is 11.5 Å². The van der Waals surface area contributed by atoms with Crippen molar-refractivity contribution in [1.29, 1.82) is 0 Å². The van der Waals surface area contributed by atoms with E-state index in [1.165, 1.54) is 31.4 Å². The summed E-state index contributed by atoms with van der Waals surface area (Å²) in [7, 11) is -0.894. The summed E-state index contributed by atoms with van der Waals surface area (Å²) in [6, 6.07) is 8.35. The number of sulfonamides is 1. The number of ether oxygens (including phenoxy) is 3. The lowest BCUT2D eigenvalue weighted by molar-refractivity contribution is 0.144. The Morgan fingerprint density at radius 2 is 1.80 bits per heavy atom. The van der Waals surface area contributed by atoms with Gasteiger partial charge in [0.2, 0.25) is 0 Å². The highest BCUT2D eigenvalue weighted by Gasteiger charge is 2.17. The van der Waals surface area contributed by atoms with Gasteiger partial charge in [0.1, 0.15) is 12.4 Å². The van der Waals surface area contributed by atoms with Crippen LogP contribution in [0.4, 0.5) is 10.1 Å². The molecule has 0 aliphatic heterocycles. The van der Waals surface area contributed by atoms with Gasteiger partial charge in [-0.25, -0.2) is 12.8 Å². The molecule has 2 rings (SSSR count). The normalized spacial score (nSPS) is 11.2. The summed E-state index contributed by atoms with van der Waals surface area (Å²) < 4.78 is 56.5. The highest BCUT2D eigenvalue weighted by molar-refractivity contribution is 7.92. The number of aryl methyl sites for hydroxylation is 1. The van der Waals surface area contributed by atoms with E-state index >= 15 is 0 Å². The van der Waals surface area contributed by atoms with Crippen LogP contribution in [0.3, 0.4) is 0 Å². The second-order valence-corrected chi connectivity index (χ2v) is 6.91. The molecular formula is C17H20FNO5S. The SMILES string of the molecule is COCCOc1cc(NS(=O)(=O)c2ccc(C)c(F)c2)ccc1OC. The maximum Gasteiger partial charge on any atom is 0.261 e. The number of methoxy groups -OCH3 is 2. The summed E-state index contributed by atoms with van der Waals surface area (Å²) in [6.45, 7) is 2.22. The van der Waals surface area contributed by atoms with Crippen LogP contribution in [0.5, 0.6) is 11.5 Å². The fraction of sp³-hybridized carbons (Fsp3) is 0.294. The van der Waals surface area contributed by atoms with Crippen molar-refractivity contribution in [2.75, 3.05) is 32.2 Å². The minimum atomic E-state index is -3.93. The number of benzene rings is 2. The Hall–Kier alpha value is -2.32. The van der Waals surface area contributed by atoms with E-state index < -0.39 is 15.8 Å². The fourth-order valence-corrected chi connectivity index (χ4v) is 3.10. The van der Waals surface area contributed by atoms with E-state index in [2.05, 4.69) is 4.72 Å². The van der Waals surface area contributed by atoms with Crippen molar-refractivity contribution in [3.63, 3.8) is 0 Å². The van der Waals surface area contributed by atoms with E-state index in [1.807, 2.05) is 0 Å². The van der Waals surface area contributed by atoms with E-state index in [4.69, 9.17) is 14.2 Å². The van der Waals surface area contributed by atoms with Crippen LogP contribution in [0.2, 0.25) is 0 Å². The summed E-state index contributed by atoms with van der Waals surface area (Å²) in [5, 5.41) is 0. The Labute approximate surface area is 146 Å². The first-order valence-electron chi connectivity index (χ1n) is 7.46. The van der Waals surface area contributed by atoms with Crippen LogP contribution in [0, 0.1) is 12.7 Å². The fourth-order valence-electron chi connectivity index (χ4n) is 2.04. The molecule has 25 heavy (non-hydrogen) atoms. The van der Waals surface area contributed by atoms with Crippen LogP contribution in [-0.4, -0.2) is 35.9 Å². The quantitative estimate of drug-likeness (QED) is 0.724. The van der Waals surface area contributed by atoms with Crippen LogP contribution in [0.25, 0.3) is 0 Å². The summed E-state index contributed by atoms with van der Waals surface area (Å²) in [5.74, 6) is 0.247. The van der Waals surface area contributed by atoms with Gasteiger partial charge in [0.25, 0.3) is 10.0 Å². The molecule has 0 aromatic heterocycles. The molecule has 0 saturated carbocycles. The van der Waals surface area contributed by atoms with Gasteiger partial charge in [-0.05, 0) is 36.8 Å². The topological polar surface area (TPSA) is 73.9 Å². The van der Waals surface area contributed by atoms with Crippen LogP contribution in [0.15, 0.2) is 41.3 Å². The van der Waals surface area contributed by atoms with Crippen LogP contribution in [0.1, 0.15) is 5.56 Å². The highest BCUT2D eigenvalue weighted by Crippen LogP contribution is 2.31. The molecule has 136 valence electrons. The molecule has 0 atom stereocenters. The molecule has 2 aromatic carbocycles. The summed E-state index contributed by atoms with van der Waals surface area (Å²) in [5.41, 5.74) is 0.645. The van der Waals surface area contributed by atoms with Gasteiger partial charge in [-0.2, -0.15) is 0 Å². The van der Waals surface area contributed by atoms with Crippen molar-refractivity contribution in [2.24, 2.45) is 0 Å². The first kappa shape index (κ1) is 19.0. The third-order valence-corrected chi connectivity index (χ3v) is 4.79. The molecule has 0 heterocycles. The van der Waals surface area contributed by atoms with Crippen LogP contribution in [-0.2, 0) is 14.8 Å². The first-order valence-corrected chi connectivity index (χ1v) is 8.94. The van der Waals surface area contributed by atoms with E-state index in [0.29, 0.717) is 23.7 Å². The molecule has 6 nitrogen and oxygen atoms in total. The Morgan fingerprint density at radius 3 is 2.44 bits per heavy atom. The van der Waals surface area contributed by atoms with E-state index in [1.54, 1.807) is 20.1 Å². The smallest absolute Gasteiger partial charge is 0.261 e. The second-order valence-electron chi connectivity index (χ2n) is 5.22. The molecule has 2 aromatic rings. The molecule has 0 radical (unpaired) electrons. The number of hydrogen-bond acceptors (Lipinski definition) is 5. The van der Waals surface area contributed by atoms with Crippen molar-refractivity contribution in [1.82, 2.24) is 0 Å². The van der Waals surface area contributed by atoms with Gasteiger partial charge in [0, 0.05) is 13.2 Å². The minimum absolute atomic E-state index is 0.159. The van der Waals surface area contributed by atoms with Gasteiger partial charge in [-0.3, -0.25) is 4.72 Å². The minimum Gasteiger partial charge on any atom is -0.493 e. The molecule has 1 N–H and O–H groups in total. The molecule has 0 spiro atoms. The average Bonchev–Trinajstić information content (AvgIpc) is 2.57. The predicted molar refractivity (Wildman–Crippen MR) is 92.3 cm³/mol.